The molecule has 1 unspecified atom stereocenters. The van der Waals surface area contributed by atoms with Gasteiger partial charge in [0.2, 0.25) is 0 Å². The lowest BCUT2D eigenvalue weighted by atomic mass is 10.2. The van der Waals surface area contributed by atoms with Gasteiger partial charge in [-0.3, -0.25) is 4.90 Å². The summed E-state index contributed by atoms with van der Waals surface area (Å²) < 4.78 is 0. The van der Waals surface area contributed by atoms with Crippen molar-refractivity contribution in [2.24, 2.45) is 0 Å². The van der Waals surface area contributed by atoms with Crippen molar-refractivity contribution in [3.63, 3.8) is 0 Å². The van der Waals surface area contributed by atoms with Crippen LogP contribution >= 0.6 is 0 Å². The van der Waals surface area contributed by atoms with Gasteiger partial charge >= 0.3 is 0 Å². The normalized spacial score (nSPS) is 22.6. The number of nitrogens with zero attached hydrogens (tertiary/aromatic N) is 3. The summed E-state index contributed by atoms with van der Waals surface area (Å²) in [5.41, 5.74) is 1.21. The Labute approximate surface area is 104 Å². The molecule has 1 aliphatic heterocycles. The number of anilines is 1. The van der Waals surface area contributed by atoms with Crippen molar-refractivity contribution in [3.05, 3.63) is 23.9 Å². The average Bonchev–Trinajstić information content (AvgIpc) is 2.32. The number of aryl methyl sites for hydroxylation is 1. The van der Waals surface area contributed by atoms with Crippen LogP contribution in [0.4, 0.5) is 5.82 Å². The predicted molar refractivity (Wildman–Crippen MR) is 71.4 cm³/mol. The molecule has 1 fully saturated rings. The van der Waals surface area contributed by atoms with Gasteiger partial charge in [-0.2, -0.15) is 0 Å². The van der Waals surface area contributed by atoms with Crippen molar-refractivity contribution in [2.45, 2.75) is 13.0 Å². The van der Waals surface area contributed by atoms with E-state index in [-0.39, 0.29) is 0 Å². The van der Waals surface area contributed by atoms with E-state index in [1.54, 1.807) is 0 Å². The lowest BCUT2D eigenvalue weighted by Crippen LogP contribution is -2.52. The van der Waals surface area contributed by atoms with E-state index in [0.717, 1.165) is 32.0 Å². The molecule has 1 aromatic heterocycles. The summed E-state index contributed by atoms with van der Waals surface area (Å²) in [4.78, 5) is 9.17. The maximum atomic E-state index is 4.36. The molecule has 1 aliphatic rings. The van der Waals surface area contributed by atoms with Gasteiger partial charge in [0, 0.05) is 38.4 Å². The SMILES string of the molecule is Cc1cccnc1NCC1CN(C)CCN1C. The Morgan fingerprint density at radius 2 is 2.24 bits per heavy atom. The van der Waals surface area contributed by atoms with Crippen molar-refractivity contribution < 1.29 is 0 Å². The fraction of sp³-hybridized carbons (Fsp3) is 0.615. The third-order valence-corrected chi connectivity index (χ3v) is 3.49. The number of rotatable bonds is 3. The summed E-state index contributed by atoms with van der Waals surface area (Å²) in [6.07, 6.45) is 1.84. The van der Waals surface area contributed by atoms with E-state index in [1.807, 2.05) is 12.3 Å². The Morgan fingerprint density at radius 3 is 3.00 bits per heavy atom. The molecule has 0 spiro atoms. The highest BCUT2D eigenvalue weighted by atomic mass is 15.3. The lowest BCUT2D eigenvalue weighted by Gasteiger charge is -2.37. The Bertz CT molecular complexity index is 366. The van der Waals surface area contributed by atoms with Crippen molar-refractivity contribution >= 4 is 5.82 Å². The minimum absolute atomic E-state index is 0.565. The average molecular weight is 234 g/mol. The molecule has 1 saturated heterocycles. The van der Waals surface area contributed by atoms with Crippen LogP contribution in [0.15, 0.2) is 18.3 Å². The second-order valence-corrected chi connectivity index (χ2v) is 4.95. The van der Waals surface area contributed by atoms with Gasteiger partial charge in [0.15, 0.2) is 0 Å². The smallest absolute Gasteiger partial charge is 0.128 e. The Morgan fingerprint density at radius 1 is 1.41 bits per heavy atom. The maximum Gasteiger partial charge on any atom is 0.128 e. The Kier molecular flexibility index (Phi) is 3.97. The number of hydrogen-bond acceptors (Lipinski definition) is 4. The van der Waals surface area contributed by atoms with Crippen LogP contribution in [0.3, 0.4) is 0 Å². The summed E-state index contributed by atoms with van der Waals surface area (Å²) in [7, 11) is 4.39. The molecule has 2 heterocycles. The van der Waals surface area contributed by atoms with Gasteiger partial charge in [-0.25, -0.2) is 4.98 Å². The summed E-state index contributed by atoms with van der Waals surface area (Å²) in [5, 5.41) is 3.45. The van der Waals surface area contributed by atoms with Crippen molar-refractivity contribution in [1.29, 1.82) is 0 Å². The zero-order chi connectivity index (χ0) is 12.3. The van der Waals surface area contributed by atoms with Crippen LogP contribution < -0.4 is 5.32 Å². The molecular formula is C13H22N4. The molecule has 4 heteroatoms. The first-order chi connectivity index (χ1) is 8.16. The summed E-state index contributed by atoms with van der Waals surface area (Å²) >= 11 is 0. The van der Waals surface area contributed by atoms with Gasteiger partial charge in [-0.05, 0) is 32.6 Å². The number of aromatic nitrogens is 1. The maximum absolute atomic E-state index is 4.36. The van der Waals surface area contributed by atoms with Crippen LogP contribution in [-0.2, 0) is 0 Å². The highest BCUT2D eigenvalue weighted by Crippen LogP contribution is 2.11. The van der Waals surface area contributed by atoms with E-state index >= 15 is 0 Å². The zero-order valence-electron chi connectivity index (χ0n) is 11.0. The fourth-order valence-corrected chi connectivity index (χ4v) is 2.21. The monoisotopic (exact) mass is 234 g/mol. The quantitative estimate of drug-likeness (QED) is 0.847. The van der Waals surface area contributed by atoms with Crippen molar-refractivity contribution in [2.75, 3.05) is 45.6 Å². The molecule has 4 nitrogen and oxygen atoms in total. The molecular weight excluding hydrogens is 212 g/mol. The van der Waals surface area contributed by atoms with Crippen LogP contribution in [0.2, 0.25) is 0 Å². The molecule has 1 atom stereocenters. The van der Waals surface area contributed by atoms with Gasteiger partial charge in [-0.15, -0.1) is 0 Å². The molecule has 0 saturated carbocycles. The van der Waals surface area contributed by atoms with Gasteiger partial charge in [0.05, 0.1) is 0 Å². The third-order valence-electron chi connectivity index (χ3n) is 3.49. The van der Waals surface area contributed by atoms with Crippen molar-refractivity contribution in [3.8, 4) is 0 Å². The second-order valence-electron chi connectivity index (χ2n) is 4.95. The number of likely N-dealkylation sites (N-methyl/N-ethyl adjacent to an activating group) is 2. The van der Waals surface area contributed by atoms with E-state index in [0.29, 0.717) is 6.04 Å². The first-order valence-electron chi connectivity index (χ1n) is 6.21. The highest BCUT2D eigenvalue weighted by Gasteiger charge is 2.21. The molecule has 1 aromatic rings. The van der Waals surface area contributed by atoms with E-state index in [2.05, 4.69) is 47.2 Å². The second kappa shape index (κ2) is 5.47. The predicted octanol–water partition coefficient (Wildman–Crippen LogP) is 1.05. The van der Waals surface area contributed by atoms with Crippen molar-refractivity contribution in [1.82, 2.24) is 14.8 Å². The molecule has 1 N–H and O–H groups in total. The summed E-state index contributed by atoms with van der Waals surface area (Å²) in [6, 6.07) is 4.63. The standard InChI is InChI=1S/C13H22N4/c1-11-5-4-6-14-13(11)15-9-12-10-16(2)7-8-17(12)3/h4-6,12H,7-10H2,1-3H3,(H,14,15). The number of piperazine rings is 1. The topological polar surface area (TPSA) is 31.4 Å². The summed E-state index contributed by atoms with van der Waals surface area (Å²) in [6.45, 7) is 6.47. The van der Waals surface area contributed by atoms with Crippen LogP contribution in [-0.4, -0.2) is 61.1 Å². The van der Waals surface area contributed by atoms with E-state index < -0.39 is 0 Å². The van der Waals surface area contributed by atoms with E-state index in [1.165, 1.54) is 5.56 Å². The molecule has 17 heavy (non-hydrogen) atoms. The Hall–Kier alpha value is -1.13. The van der Waals surface area contributed by atoms with Gasteiger partial charge in [-0.1, -0.05) is 6.07 Å². The molecule has 0 aliphatic carbocycles. The van der Waals surface area contributed by atoms with Gasteiger partial charge < -0.3 is 10.2 Å². The number of pyridine rings is 1. The van der Waals surface area contributed by atoms with E-state index in [9.17, 15) is 0 Å². The largest absolute Gasteiger partial charge is 0.368 e. The van der Waals surface area contributed by atoms with E-state index in [4.69, 9.17) is 0 Å². The molecule has 0 amide bonds. The molecule has 0 bridgehead atoms. The number of hydrogen-bond donors (Lipinski definition) is 1. The molecule has 0 aromatic carbocycles. The minimum atomic E-state index is 0.565. The van der Waals surface area contributed by atoms with Crippen LogP contribution in [0, 0.1) is 6.92 Å². The number of nitrogens with one attached hydrogen (secondary N) is 1. The van der Waals surface area contributed by atoms with Crippen LogP contribution in [0.5, 0.6) is 0 Å². The lowest BCUT2D eigenvalue weighted by molar-refractivity contribution is 0.122. The molecule has 94 valence electrons. The highest BCUT2D eigenvalue weighted by molar-refractivity contribution is 5.42. The minimum Gasteiger partial charge on any atom is -0.368 e. The molecule has 0 radical (unpaired) electrons. The fourth-order valence-electron chi connectivity index (χ4n) is 2.21. The zero-order valence-corrected chi connectivity index (χ0v) is 11.0. The first kappa shape index (κ1) is 12.3. The Balaban J connectivity index is 1.91. The first-order valence-corrected chi connectivity index (χ1v) is 6.21. The molecule has 2 rings (SSSR count). The van der Waals surface area contributed by atoms with Crippen LogP contribution in [0.25, 0.3) is 0 Å². The van der Waals surface area contributed by atoms with Gasteiger partial charge in [0.25, 0.3) is 0 Å². The third kappa shape index (κ3) is 3.17. The van der Waals surface area contributed by atoms with Gasteiger partial charge in [0.1, 0.15) is 5.82 Å². The summed E-state index contributed by atoms with van der Waals surface area (Å²) in [5.74, 6) is 1.01. The van der Waals surface area contributed by atoms with Crippen LogP contribution in [0.1, 0.15) is 5.56 Å².